The highest BCUT2D eigenvalue weighted by Gasteiger charge is 2.22. The first kappa shape index (κ1) is 18.4. The van der Waals surface area contributed by atoms with E-state index in [4.69, 9.17) is 0 Å². The van der Waals surface area contributed by atoms with Crippen molar-refractivity contribution < 1.29 is 0 Å². The molecule has 0 spiro atoms. The van der Waals surface area contributed by atoms with Gasteiger partial charge < -0.3 is 14.8 Å². The molecule has 1 aliphatic heterocycles. The van der Waals surface area contributed by atoms with Crippen LogP contribution in [0.4, 0.5) is 5.82 Å². The quantitative estimate of drug-likeness (QED) is 0.708. The summed E-state index contributed by atoms with van der Waals surface area (Å²) in [7, 11) is 1.76. The zero-order chi connectivity index (χ0) is 19.3. The van der Waals surface area contributed by atoms with Crippen LogP contribution in [0.3, 0.4) is 0 Å². The fraction of sp³-hybridized carbons (Fsp3) is 0.381. The third-order valence-corrected chi connectivity index (χ3v) is 5.19. The van der Waals surface area contributed by atoms with Crippen molar-refractivity contribution in [1.82, 2.24) is 24.6 Å². The van der Waals surface area contributed by atoms with Gasteiger partial charge in [-0.3, -0.25) is 9.48 Å². The number of nitrogens with zero attached hydrogens (tertiary/aromatic N) is 5. The summed E-state index contributed by atoms with van der Waals surface area (Å²) >= 11 is 0. The topological polar surface area (TPSA) is 68.0 Å². The Bertz CT molecular complexity index is 964. The lowest BCUT2D eigenvalue weighted by atomic mass is 10.1. The molecule has 7 nitrogen and oxygen atoms in total. The molecule has 3 aromatic rings. The van der Waals surface area contributed by atoms with Gasteiger partial charge in [0.05, 0.1) is 12.7 Å². The molecule has 1 aliphatic rings. The van der Waals surface area contributed by atoms with Gasteiger partial charge in [0.2, 0.25) is 0 Å². The molecule has 1 atom stereocenters. The molecule has 7 heteroatoms. The van der Waals surface area contributed by atoms with E-state index in [2.05, 4.69) is 38.6 Å². The Kier molecular flexibility index (Phi) is 5.53. The molecule has 3 heterocycles. The molecule has 0 radical (unpaired) electrons. The summed E-state index contributed by atoms with van der Waals surface area (Å²) in [6, 6.07) is 10.7. The molecule has 28 heavy (non-hydrogen) atoms. The van der Waals surface area contributed by atoms with Gasteiger partial charge in [-0.25, -0.2) is 4.98 Å². The van der Waals surface area contributed by atoms with E-state index >= 15 is 0 Å². The summed E-state index contributed by atoms with van der Waals surface area (Å²) in [6.07, 6.45) is 9.54. The Labute approximate surface area is 164 Å². The Morgan fingerprint density at radius 2 is 2.07 bits per heavy atom. The van der Waals surface area contributed by atoms with Crippen LogP contribution in [0.5, 0.6) is 0 Å². The Morgan fingerprint density at radius 1 is 1.21 bits per heavy atom. The maximum atomic E-state index is 12.3. The smallest absolute Gasteiger partial charge is 0.293 e. The lowest BCUT2D eigenvalue weighted by Crippen LogP contribution is -2.47. The number of hydrogen-bond donors (Lipinski definition) is 1. The summed E-state index contributed by atoms with van der Waals surface area (Å²) in [5.74, 6) is 0.548. The molecular formula is C21H26N6O. The molecule has 1 saturated heterocycles. The number of nitrogens with one attached hydrogen (secondary N) is 1. The van der Waals surface area contributed by atoms with Crippen LogP contribution in [0.15, 0.2) is 59.9 Å². The first-order valence-corrected chi connectivity index (χ1v) is 9.74. The maximum Gasteiger partial charge on any atom is 0.293 e. The molecular weight excluding hydrogens is 352 g/mol. The number of benzene rings is 1. The largest absolute Gasteiger partial charge is 0.350 e. The molecule has 1 aromatic carbocycles. The van der Waals surface area contributed by atoms with Crippen LogP contribution in [-0.2, 0) is 20.1 Å². The standard InChI is InChI=1S/C21H26N6O/c1-25-11-9-22-20(21(25)28)26-10-5-8-19(16-26)23-12-18-13-24-27(15-18)14-17-6-3-2-4-7-17/h2-4,6-7,9,11,13,15,19,23H,5,8,10,12,14,16H2,1H3/t19-/m0/s1. The van der Waals surface area contributed by atoms with Gasteiger partial charge in [0.25, 0.3) is 5.56 Å². The minimum atomic E-state index is -0.0367. The average molecular weight is 378 g/mol. The molecule has 0 bridgehead atoms. The van der Waals surface area contributed by atoms with Crippen molar-refractivity contribution in [2.24, 2.45) is 7.05 Å². The van der Waals surface area contributed by atoms with Gasteiger partial charge in [-0.2, -0.15) is 5.10 Å². The lowest BCUT2D eigenvalue weighted by molar-refractivity contribution is 0.419. The Balaban J connectivity index is 1.34. The number of rotatable bonds is 6. The summed E-state index contributed by atoms with van der Waals surface area (Å²) in [5, 5.41) is 8.09. The second-order valence-corrected chi connectivity index (χ2v) is 7.36. The van der Waals surface area contributed by atoms with E-state index in [1.807, 2.05) is 29.1 Å². The maximum absolute atomic E-state index is 12.3. The molecule has 2 aromatic heterocycles. The highest BCUT2D eigenvalue weighted by atomic mass is 16.1. The van der Waals surface area contributed by atoms with E-state index in [1.165, 1.54) is 11.1 Å². The van der Waals surface area contributed by atoms with E-state index in [9.17, 15) is 4.79 Å². The van der Waals surface area contributed by atoms with Crippen LogP contribution in [0.25, 0.3) is 0 Å². The minimum Gasteiger partial charge on any atom is -0.350 e. The summed E-state index contributed by atoms with van der Waals surface area (Å²) in [6.45, 7) is 3.22. The number of aromatic nitrogens is 4. The fourth-order valence-corrected chi connectivity index (χ4v) is 3.65. The molecule has 0 aliphatic carbocycles. The molecule has 0 unspecified atom stereocenters. The predicted molar refractivity (Wildman–Crippen MR) is 109 cm³/mol. The predicted octanol–water partition coefficient (Wildman–Crippen LogP) is 1.78. The van der Waals surface area contributed by atoms with Gasteiger partial charge in [-0.15, -0.1) is 0 Å². The van der Waals surface area contributed by atoms with Gasteiger partial charge in [-0.05, 0) is 18.4 Å². The first-order chi connectivity index (χ1) is 13.7. The Hall–Kier alpha value is -2.93. The van der Waals surface area contributed by atoms with Crippen LogP contribution >= 0.6 is 0 Å². The molecule has 0 amide bonds. The monoisotopic (exact) mass is 378 g/mol. The van der Waals surface area contributed by atoms with Crippen molar-refractivity contribution >= 4 is 5.82 Å². The summed E-state index contributed by atoms with van der Waals surface area (Å²) in [5.41, 5.74) is 2.37. The van der Waals surface area contributed by atoms with E-state index < -0.39 is 0 Å². The number of aryl methyl sites for hydroxylation is 1. The molecule has 0 saturated carbocycles. The third-order valence-electron chi connectivity index (χ3n) is 5.19. The van der Waals surface area contributed by atoms with E-state index in [-0.39, 0.29) is 5.56 Å². The van der Waals surface area contributed by atoms with Gasteiger partial charge in [-0.1, -0.05) is 30.3 Å². The number of anilines is 1. The second-order valence-electron chi connectivity index (χ2n) is 7.36. The van der Waals surface area contributed by atoms with Crippen molar-refractivity contribution in [1.29, 1.82) is 0 Å². The van der Waals surface area contributed by atoms with Gasteiger partial charge in [0.1, 0.15) is 0 Å². The van der Waals surface area contributed by atoms with Crippen molar-refractivity contribution in [2.75, 3.05) is 18.0 Å². The fourth-order valence-electron chi connectivity index (χ4n) is 3.65. The zero-order valence-electron chi connectivity index (χ0n) is 16.2. The highest BCUT2D eigenvalue weighted by molar-refractivity contribution is 5.36. The summed E-state index contributed by atoms with van der Waals surface area (Å²) < 4.78 is 3.55. The molecule has 146 valence electrons. The normalized spacial score (nSPS) is 17.0. The van der Waals surface area contributed by atoms with Crippen LogP contribution in [0.2, 0.25) is 0 Å². The zero-order valence-corrected chi connectivity index (χ0v) is 16.2. The number of hydrogen-bond acceptors (Lipinski definition) is 5. The highest BCUT2D eigenvalue weighted by Crippen LogP contribution is 2.15. The average Bonchev–Trinajstić information content (AvgIpc) is 3.17. The Morgan fingerprint density at radius 3 is 2.93 bits per heavy atom. The minimum absolute atomic E-state index is 0.0367. The van der Waals surface area contributed by atoms with Gasteiger partial charge in [0.15, 0.2) is 5.82 Å². The summed E-state index contributed by atoms with van der Waals surface area (Å²) in [4.78, 5) is 18.7. The molecule has 1 fully saturated rings. The first-order valence-electron chi connectivity index (χ1n) is 9.74. The van der Waals surface area contributed by atoms with Crippen molar-refractivity contribution in [2.45, 2.75) is 32.0 Å². The van der Waals surface area contributed by atoms with E-state index in [0.29, 0.717) is 11.9 Å². The lowest BCUT2D eigenvalue weighted by Gasteiger charge is -2.33. The second kappa shape index (κ2) is 8.39. The van der Waals surface area contributed by atoms with Gasteiger partial charge in [0, 0.05) is 56.9 Å². The SMILES string of the molecule is Cn1ccnc(N2CCC[C@H](NCc3cnn(Cc4ccccc4)c3)C2)c1=O. The van der Waals surface area contributed by atoms with Crippen LogP contribution in [0, 0.1) is 0 Å². The molecule has 4 rings (SSSR count). The van der Waals surface area contributed by atoms with Crippen LogP contribution in [0.1, 0.15) is 24.0 Å². The van der Waals surface area contributed by atoms with Crippen LogP contribution in [-0.4, -0.2) is 38.5 Å². The van der Waals surface area contributed by atoms with Crippen LogP contribution < -0.4 is 15.8 Å². The van der Waals surface area contributed by atoms with Crippen molar-refractivity contribution in [3.63, 3.8) is 0 Å². The molecule has 1 N–H and O–H groups in total. The van der Waals surface area contributed by atoms with E-state index in [1.54, 1.807) is 24.0 Å². The van der Waals surface area contributed by atoms with Gasteiger partial charge >= 0.3 is 0 Å². The van der Waals surface area contributed by atoms with Crippen molar-refractivity contribution in [3.05, 3.63) is 76.6 Å². The number of piperidine rings is 1. The third kappa shape index (κ3) is 4.31. The van der Waals surface area contributed by atoms with Crippen molar-refractivity contribution in [3.8, 4) is 0 Å². The van der Waals surface area contributed by atoms with E-state index in [0.717, 1.165) is 39.0 Å².